The number of anilines is 1. The smallest absolute Gasteiger partial charge is 0.338 e. The molecule has 2 saturated heterocycles. The van der Waals surface area contributed by atoms with Crippen LogP contribution < -0.4 is 15.8 Å². The Kier molecular flexibility index (Phi) is 4.72. The number of hydrogen-bond acceptors (Lipinski definition) is 3. The summed E-state index contributed by atoms with van der Waals surface area (Å²) in [6.07, 6.45) is 1.31. The minimum atomic E-state index is -0.627. The molecular weight excluding hydrogens is 366 g/mol. The molecule has 8 heteroatoms. The molecule has 0 radical (unpaired) electrons. The third kappa shape index (κ3) is 3.68. The molecule has 28 heavy (non-hydrogen) atoms. The van der Waals surface area contributed by atoms with Gasteiger partial charge in [-0.1, -0.05) is 12.1 Å². The molecule has 0 aliphatic carbocycles. The summed E-state index contributed by atoms with van der Waals surface area (Å²) in [5, 5.41) is 4.32. The van der Waals surface area contributed by atoms with Gasteiger partial charge in [0, 0.05) is 25.9 Å². The van der Waals surface area contributed by atoms with Crippen molar-refractivity contribution in [2.75, 3.05) is 18.1 Å². The molecular formula is C20H20F2N4O2. The van der Waals surface area contributed by atoms with Gasteiger partial charge in [0.05, 0.1) is 12.1 Å². The highest BCUT2D eigenvalue weighted by molar-refractivity contribution is 5.93. The van der Waals surface area contributed by atoms with Crippen LogP contribution >= 0.6 is 0 Å². The van der Waals surface area contributed by atoms with Crippen LogP contribution in [0.4, 0.5) is 19.3 Å². The van der Waals surface area contributed by atoms with Gasteiger partial charge in [-0.25, -0.2) is 24.0 Å². The van der Waals surface area contributed by atoms with Crippen molar-refractivity contribution in [3.63, 3.8) is 0 Å². The number of benzene rings is 2. The molecule has 0 unspecified atom stereocenters. The van der Waals surface area contributed by atoms with Crippen molar-refractivity contribution in [1.29, 1.82) is 0 Å². The number of urea groups is 1. The first kappa shape index (κ1) is 18.4. The van der Waals surface area contributed by atoms with Crippen molar-refractivity contribution in [2.45, 2.75) is 24.9 Å². The summed E-state index contributed by atoms with van der Waals surface area (Å²) in [7, 11) is 0. The Morgan fingerprint density at radius 1 is 0.964 bits per heavy atom. The zero-order valence-corrected chi connectivity index (χ0v) is 15.1. The molecule has 2 aromatic rings. The Bertz CT molecular complexity index is 878. The van der Waals surface area contributed by atoms with E-state index in [-0.39, 0.29) is 30.0 Å². The molecule has 0 atom stereocenters. The number of nitrogens with one attached hydrogen (secondary N) is 2. The van der Waals surface area contributed by atoms with Crippen molar-refractivity contribution in [3.8, 4) is 0 Å². The summed E-state index contributed by atoms with van der Waals surface area (Å²) < 4.78 is 26.1. The fourth-order valence-electron chi connectivity index (χ4n) is 3.59. The van der Waals surface area contributed by atoms with Crippen molar-refractivity contribution in [2.24, 2.45) is 0 Å². The molecule has 2 aliphatic rings. The van der Waals surface area contributed by atoms with Crippen LogP contribution in [-0.4, -0.2) is 35.6 Å². The first-order chi connectivity index (χ1) is 13.4. The van der Waals surface area contributed by atoms with Gasteiger partial charge in [0.2, 0.25) is 5.91 Å². The Balaban J connectivity index is 1.37. The summed E-state index contributed by atoms with van der Waals surface area (Å²) in [6, 6.07) is 11.3. The van der Waals surface area contributed by atoms with Crippen LogP contribution in [-0.2, 0) is 11.2 Å². The standard InChI is InChI=1S/C20H20F2N4O2/c21-15-3-1-14(2-4-15)13-18(27)25-11-9-20(10-12-25)23-19(28)26(24-20)17-7-5-16(22)6-8-17/h1-8,24H,9-13H2,(H,23,28). The molecule has 2 aliphatic heterocycles. The predicted octanol–water partition coefficient (Wildman–Crippen LogP) is 2.56. The van der Waals surface area contributed by atoms with E-state index in [9.17, 15) is 18.4 Å². The molecule has 3 amide bonds. The van der Waals surface area contributed by atoms with Crippen LogP contribution in [0.1, 0.15) is 18.4 Å². The Morgan fingerprint density at radius 2 is 1.54 bits per heavy atom. The molecule has 4 rings (SSSR count). The highest BCUT2D eigenvalue weighted by Gasteiger charge is 2.45. The summed E-state index contributed by atoms with van der Waals surface area (Å²) in [4.78, 5) is 26.6. The number of hydrazine groups is 1. The average molecular weight is 386 g/mol. The second kappa shape index (κ2) is 7.20. The maximum atomic E-state index is 13.1. The number of hydrogen-bond donors (Lipinski definition) is 2. The van der Waals surface area contributed by atoms with Gasteiger partial charge in [0.15, 0.2) is 0 Å². The normalized spacial score (nSPS) is 18.4. The Labute approximate surface area is 161 Å². The average Bonchev–Trinajstić information content (AvgIpc) is 3.00. The molecule has 1 spiro atoms. The van der Waals surface area contributed by atoms with Crippen molar-refractivity contribution in [3.05, 3.63) is 65.7 Å². The van der Waals surface area contributed by atoms with Gasteiger partial charge in [-0.15, -0.1) is 0 Å². The minimum Gasteiger partial charge on any atom is -0.342 e. The molecule has 2 fully saturated rings. The Morgan fingerprint density at radius 3 is 2.14 bits per heavy atom. The van der Waals surface area contributed by atoms with E-state index in [1.807, 2.05) is 0 Å². The fraction of sp³-hybridized carbons (Fsp3) is 0.300. The van der Waals surface area contributed by atoms with Crippen LogP contribution in [0, 0.1) is 11.6 Å². The van der Waals surface area contributed by atoms with E-state index >= 15 is 0 Å². The lowest BCUT2D eigenvalue weighted by molar-refractivity contribution is -0.132. The van der Waals surface area contributed by atoms with Crippen molar-refractivity contribution < 1.29 is 18.4 Å². The Hall–Kier alpha value is -3.00. The van der Waals surface area contributed by atoms with Gasteiger partial charge < -0.3 is 10.2 Å². The van der Waals surface area contributed by atoms with E-state index in [1.165, 1.54) is 41.4 Å². The summed E-state index contributed by atoms with van der Waals surface area (Å²) in [5.74, 6) is -0.725. The highest BCUT2D eigenvalue weighted by Crippen LogP contribution is 2.27. The maximum absolute atomic E-state index is 13.1. The molecule has 2 N–H and O–H groups in total. The van der Waals surface area contributed by atoms with Crippen LogP contribution in [0.15, 0.2) is 48.5 Å². The first-order valence-corrected chi connectivity index (χ1v) is 9.12. The lowest BCUT2D eigenvalue weighted by Crippen LogP contribution is -2.58. The van der Waals surface area contributed by atoms with Crippen LogP contribution in [0.2, 0.25) is 0 Å². The lowest BCUT2D eigenvalue weighted by atomic mass is 9.97. The number of piperidine rings is 1. The summed E-state index contributed by atoms with van der Waals surface area (Å²) >= 11 is 0. The molecule has 2 aromatic carbocycles. The number of nitrogens with zero attached hydrogens (tertiary/aromatic N) is 2. The number of halogens is 2. The van der Waals surface area contributed by atoms with E-state index in [1.54, 1.807) is 17.0 Å². The van der Waals surface area contributed by atoms with Gasteiger partial charge in [-0.2, -0.15) is 0 Å². The number of carbonyl (C=O) groups is 2. The van der Waals surface area contributed by atoms with Crippen LogP contribution in [0.5, 0.6) is 0 Å². The minimum absolute atomic E-state index is 0.0267. The molecule has 6 nitrogen and oxygen atoms in total. The third-order valence-electron chi connectivity index (χ3n) is 5.20. The van der Waals surface area contributed by atoms with Crippen LogP contribution in [0.3, 0.4) is 0 Å². The van der Waals surface area contributed by atoms with E-state index < -0.39 is 5.66 Å². The summed E-state index contributed by atoms with van der Waals surface area (Å²) in [5.41, 5.74) is 3.86. The zero-order chi connectivity index (χ0) is 19.7. The second-order valence-electron chi connectivity index (χ2n) is 7.12. The number of amides is 3. The van der Waals surface area contributed by atoms with Crippen molar-refractivity contribution in [1.82, 2.24) is 15.6 Å². The number of rotatable bonds is 3. The SMILES string of the molecule is O=C(Cc1ccc(F)cc1)N1CCC2(CC1)NC(=O)N(c1ccc(F)cc1)N2. The van der Waals surface area contributed by atoms with Gasteiger partial charge >= 0.3 is 6.03 Å². The van der Waals surface area contributed by atoms with E-state index in [0.29, 0.717) is 31.6 Å². The first-order valence-electron chi connectivity index (χ1n) is 9.12. The van der Waals surface area contributed by atoms with Crippen molar-refractivity contribution >= 4 is 17.6 Å². The van der Waals surface area contributed by atoms with E-state index in [2.05, 4.69) is 10.7 Å². The van der Waals surface area contributed by atoms with Gasteiger partial charge in [0.1, 0.15) is 17.3 Å². The number of likely N-dealkylation sites (tertiary alicyclic amines) is 1. The molecule has 146 valence electrons. The van der Waals surface area contributed by atoms with Crippen LogP contribution in [0.25, 0.3) is 0 Å². The van der Waals surface area contributed by atoms with E-state index in [4.69, 9.17) is 0 Å². The predicted molar refractivity (Wildman–Crippen MR) is 99.2 cm³/mol. The van der Waals surface area contributed by atoms with Gasteiger partial charge in [0.25, 0.3) is 0 Å². The third-order valence-corrected chi connectivity index (χ3v) is 5.20. The quantitative estimate of drug-likeness (QED) is 0.852. The van der Waals surface area contributed by atoms with Gasteiger partial charge in [-0.05, 0) is 42.0 Å². The monoisotopic (exact) mass is 386 g/mol. The molecule has 0 saturated carbocycles. The highest BCUT2D eigenvalue weighted by atomic mass is 19.1. The summed E-state index contributed by atoms with van der Waals surface area (Å²) in [6.45, 7) is 0.981. The zero-order valence-electron chi connectivity index (χ0n) is 15.1. The maximum Gasteiger partial charge on any atom is 0.338 e. The largest absolute Gasteiger partial charge is 0.342 e. The topological polar surface area (TPSA) is 64.7 Å². The lowest BCUT2D eigenvalue weighted by Gasteiger charge is -2.39. The number of carbonyl (C=O) groups excluding carboxylic acids is 2. The molecule has 2 heterocycles. The fourth-order valence-corrected chi connectivity index (χ4v) is 3.59. The van der Waals surface area contributed by atoms with Gasteiger partial charge in [-0.3, -0.25) is 4.79 Å². The second-order valence-corrected chi connectivity index (χ2v) is 7.12. The molecule has 0 aromatic heterocycles. The molecule has 0 bridgehead atoms. The van der Waals surface area contributed by atoms with E-state index in [0.717, 1.165) is 5.56 Å².